The van der Waals surface area contributed by atoms with Crippen molar-refractivity contribution >= 4 is 29.2 Å². The van der Waals surface area contributed by atoms with Gasteiger partial charge in [-0.25, -0.2) is 4.99 Å². The molecule has 6 nitrogen and oxygen atoms in total. The third-order valence-electron chi connectivity index (χ3n) is 3.96. The highest BCUT2D eigenvalue weighted by Crippen LogP contribution is 2.25. The van der Waals surface area contributed by atoms with E-state index in [0.717, 1.165) is 29.9 Å². The van der Waals surface area contributed by atoms with Gasteiger partial charge in [-0.15, -0.1) is 10.2 Å². The number of aliphatic imine (C=N–C) groups is 1. The zero-order valence-electron chi connectivity index (χ0n) is 16.0. The number of hydrogen-bond acceptors (Lipinski definition) is 3. The number of hydrogen-bond donors (Lipinski definition) is 2. The van der Waals surface area contributed by atoms with Gasteiger partial charge in [0.25, 0.3) is 0 Å². The van der Waals surface area contributed by atoms with E-state index in [4.69, 9.17) is 23.2 Å². The first-order valence-electron chi connectivity index (χ1n) is 8.91. The Morgan fingerprint density at radius 2 is 2.11 bits per heavy atom. The van der Waals surface area contributed by atoms with Crippen LogP contribution in [0.25, 0.3) is 0 Å². The number of nitrogens with one attached hydrogen (secondary N) is 2. The lowest BCUT2D eigenvalue weighted by Crippen LogP contribution is -2.40. The maximum absolute atomic E-state index is 6.13. The number of guanidine groups is 1. The van der Waals surface area contributed by atoms with Crippen molar-refractivity contribution in [1.29, 1.82) is 0 Å². The Balaban J connectivity index is 2.01. The van der Waals surface area contributed by atoms with E-state index < -0.39 is 0 Å². The molecule has 8 heteroatoms. The largest absolute Gasteiger partial charge is 0.355 e. The van der Waals surface area contributed by atoms with E-state index in [-0.39, 0.29) is 6.04 Å². The van der Waals surface area contributed by atoms with Crippen LogP contribution < -0.4 is 10.6 Å². The highest BCUT2D eigenvalue weighted by Gasteiger charge is 2.10. The topological polar surface area (TPSA) is 67.1 Å². The highest BCUT2D eigenvalue weighted by atomic mass is 35.5. The zero-order valence-corrected chi connectivity index (χ0v) is 17.5. The summed E-state index contributed by atoms with van der Waals surface area (Å²) in [6, 6.07) is 5.63. The van der Waals surface area contributed by atoms with Crippen molar-refractivity contribution in [2.24, 2.45) is 4.99 Å². The van der Waals surface area contributed by atoms with Gasteiger partial charge in [-0.1, -0.05) is 48.3 Å². The Kier molecular flexibility index (Phi) is 8.13. The molecule has 0 fully saturated rings. The second-order valence-corrected chi connectivity index (χ2v) is 7.20. The summed E-state index contributed by atoms with van der Waals surface area (Å²) in [5, 5.41) is 15.9. The minimum absolute atomic E-state index is 0.0113. The SMILES string of the molecule is C=C(C)CN=C(NCCn1cnnc1CC)NC(C)c1ccc(Cl)c(Cl)c1. The maximum Gasteiger partial charge on any atom is 0.192 e. The average Bonchev–Trinajstić information content (AvgIpc) is 3.09. The van der Waals surface area contributed by atoms with E-state index in [9.17, 15) is 0 Å². The predicted molar refractivity (Wildman–Crippen MR) is 113 cm³/mol. The molecule has 1 aromatic carbocycles. The molecular weight excluding hydrogens is 383 g/mol. The van der Waals surface area contributed by atoms with Crippen LogP contribution in [0.5, 0.6) is 0 Å². The number of benzene rings is 1. The lowest BCUT2D eigenvalue weighted by atomic mass is 10.1. The second kappa shape index (κ2) is 10.3. The van der Waals surface area contributed by atoms with E-state index in [1.54, 1.807) is 12.4 Å². The molecule has 0 aliphatic rings. The Morgan fingerprint density at radius 3 is 2.78 bits per heavy atom. The monoisotopic (exact) mass is 408 g/mol. The molecular formula is C19H26Cl2N6. The van der Waals surface area contributed by atoms with Crippen LogP contribution in [-0.4, -0.2) is 33.8 Å². The maximum atomic E-state index is 6.13. The van der Waals surface area contributed by atoms with Crippen molar-refractivity contribution in [1.82, 2.24) is 25.4 Å². The molecule has 2 N–H and O–H groups in total. The molecule has 2 rings (SSSR count). The Hall–Kier alpha value is -2.05. The second-order valence-electron chi connectivity index (χ2n) is 6.38. The van der Waals surface area contributed by atoms with E-state index in [1.165, 1.54) is 0 Å². The normalized spacial score (nSPS) is 12.7. The third-order valence-corrected chi connectivity index (χ3v) is 4.70. The molecule has 1 unspecified atom stereocenters. The Labute approximate surface area is 170 Å². The first-order chi connectivity index (χ1) is 12.9. The van der Waals surface area contributed by atoms with Gasteiger partial charge in [0.2, 0.25) is 0 Å². The lowest BCUT2D eigenvalue weighted by Gasteiger charge is -2.19. The van der Waals surface area contributed by atoms with Crippen molar-refractivity contribution < 1.29 is 0 Å². The Morgan fingerprint density at radius 1 is 1.33 bits per heavy atom. The molecule has 1 aromatic heterocycles. The van der Waals surface area contributed by atoms with Crippen molar-refractivity contribution in [3.05, 3.63) is 58.1 Å². The molecule has 0 saturated carbocycles. The summed E-state index contributed by atoms with van der Waals surface area (Å²) in [5.41, 5.74) is 2.02. The highest BCUT2D eigenvalue weighted by molar-refractivity contribution is 6.42. The van der Waals surface area contributed by atoms with Crippen LogP contribution in [0.1, 0.15) is 38.2 Å². The van der Waals surface area contributed by atoms with Gasteiger partial charge in [-0.05, 0) is 31.5 Å². The standard InChI is InChI=1S/C19H26Cl2N6/c1-5-18-26-24-12-27(18)9-8-22-19(23-11-13(2)3)25-14(4)15-6-7-16(20)17(21)10-15/h6-7,10,12,14H,2,5,8-9,11H2,1,3-4H3,(H2,22,23,25). The first kappa shape index (κ1) is 21.3. The summed E-state index contributed by atoms with van der Waals surface area (Å²) >= 11 is 12.1. The molecule has 0 aliphatic heterocycles. The summed E-state index contributed by atoms with van der Waals surface area (Å²) in [6.45, 7) is 12.0. The molecule has 0 saturated heterocycles. The number of aromatic nitrogens is 3. The van der Waals surface area contributed by atoms with Crippen LogP contribution in [0.3, 0.4) is 0 Å². The van der Waals surface area contributed by atoms with E-state index in [0.29, 0.717) is 29.1 Å². The first-order valence-corrected chi connectivity index (χ1v) is 9.67. The van der Waals surface area contributed by atoms with Gasteiger partial charge in [0.1, 0.15) is 12.2 Å². The summed E-state index contributed by atoms with van der Waals surface area (Å²) in [5.74, 6) is 1.68. The minimum Gasteiger partial charge on any atom is -0.355 e. The molecule has 2 aromatic rings. The van der Waals surface area contributed by atoms with Gasteiger partial charge in [-0.3, -0.25) is 0 Å². The van der Waals surface area contributed by atoms with Gasteiger partial charge in [0.05, 0.1) is 22.6 Å². The van der Waals surface area contributed by atoms with Crippen LogP contribution in [-0.2, 0) is 13.0 Å². The number of aryl methyl sites for hydroxylation is 1. The molecule has 27 heavy (non-hydrogen) atoms. The predicted octanol–water partition coefficient (Wildman–Crippen LogP) is 4.02. The molecule has 0 radical (unpaired) electrons. The van der Waals surface area contributed by atoms with Crippen LogP contribution in [0.2, 0.25) is 10.0 Å². The molecule has 0 amide bonds. The molecule has 0 bridgehead atoms. The number of halogens is 2. The van der Waals surface area contributed by atoms with Crippen LogP contribution in [0.4, 0.5) is 0 Å². The fourth-order valence-corrected chi connectivity index (χ4v) is 2.78. The summed E-state index contributed by atoms with van der Waals surface area (Å²) < 4.78 is 2.03. The molecule has 0 spiro atoms. The molecule has 146 valence electrons. The average molecular weight is 409 g/mol. The third kappa shape index (κ3) is 6.56. The lowest BCUT2D eigenvalue weighted by molar-refractivity contribution is 0.620. The van der Waals surface area contributed by atoms with E-state index >= 15 is 0 Å². The fraction of sp³-hybridized carbons (Fsp3) is 0.421. The van der Waals surface area contributed by atoms with Gasteiger partial charge in [0.15, 0.2) is 5.96 Å². The summed E-state index contributed by atoms with van der Waals surface area (Å²) in [4.78, 5) is 4.59. The van der Waals surface area contributed by atoms with E-state index in [1.807, 2.05) is 30.5 Å². The van der Waals surface area contributed by atoms with Crippen molar-refractivity contribution in [2.45, 2.75) is 39.8 Å². The summed E-state index contributed by atoms with van der Waals surface area (Å²) in [6.07, 6.45) is 2.60. The number of rotatable bonds is 8. The van der Waals surface area contributed by atoms with Gasteiger partial charge in [0, 0.05) is 19.5 Å². The van der Waals surface area contributed by atoms with Crippen LogP contribution in [0.15, 0.2) is 41.7 Å². The minimum atomic E-state index is 0.0113. The zero-order chi connectivity index (χ0) is 19.8. The smallest absolute Gasteiger partial charge is 0.192 e. The van der Waals surface area contributed by atoms with Crippen molar-refractivity contribution in [3.8, 4) is 0 Å². The Bertz CT molecular complexity index is 799. The van der Waals surface area contributed by atoms with Gasteiger partial charge in [-0.2, -0.15) is 0 Å². The van der Waals surface area contributed by atoms with Crippen LogP contribution >= 0.6 is 23.2 Å². The summed E-state index contributed by atoms with van der Waals surface area (Å²) in [7, 11) is 0. The van der Waals surface area contributed by atoms with Gasteiger partial charge < -0.3 is 15.2 Å². The van der Waals surface area contributed by atoms with Gasteiger partial charge >= 0.3 is 0 Å². The van der Waals surface area contributed by atoms with Crippen LogP contribution in [0, 0.1) is 0 Å². The molecule has 1 atom stereocenters. The van der Waals surface area contributed by atoms with Crippen molar-refractivity contribution in [3.63, 3.8) is 0 Å². The molecule has 0 aliphatic carbocycles. The van der Waals surface area contributed by atoms with Crippen molar-refractivity contribution in [2.75, 3.05) is 13.1 Å². The number of nitrogens with zero attached hydrogens (tertiary/aromatic N) is 4. The van der Waals surface area contributed by atoms with E-state index in [2.05, 4.69) is 39.3 Å². The quantitative estimate of drug-likeness (QED) is 0.393. The fourth-order valence-electron chi connectivity index (χ4n) is 2.47. The molecule has 1 heterocycles.